The zero-order chi connectivity index (χ0) is 17.4. The van der Waals surface area contributed by atoms with E-state index < -0.39 is 0 Å². The highest BCUT2D eigenvalue weighted by atomic mass is 16.5. The highest BCUT2D eigenvalue weighted by Crippen LogP contribution is 2.22. The summed E-state index contributed by atoms with van der Waals surface area (Å²) in [6, 6.07) is 15.4. The van der Waals surface area contributed by atoms with E-state index >= 15 is 0 Å². The van der Waals surface area contributed by atoms with Crippen molar-refractivity contribution in [2.75, 3.05) is 5.32 Å². The smallest absolute Gasteiger partial charge is 0.261 e. The van der Waals surface area contributed by atoms with Crippen LogP contribution in [0.4, 0.5) is 5.69 Å². The predicted molar refractivity (Wildman–Crippen MR) is 95.5 cm³/mol. The Morgan fingerprint density at radius 3 is 2.52 bits per heavy atom. The van der Waals surface area contributed by atoms with Crippen molar-refractivity contribution in [3.63, 3.8) is 0 Å². The molecule has 2 heterocycles. The molecule has 0 spiro atoms. The molecule has 4 aromatic rings. The summed E-state index contributed by atoms with van der Waals surface area (Å²) in [6.45, 7) is 3.47. The standard InChI is InChI=1S/C19H16N4O2/c1-11-17(12(2)25-23-11)19(24)20-14-9-7-13(8-10-14)18-21-15-5-3-4-6-16(15)22-18/h3-10H,1-2H3,(H,20,24)(H,21,22). The van der Waals surface area contributed by atoms with Gasteiger partial charge in [0.15, 0.2) is 0 Å². The molecule has 2 aromatic heterocycles. The van der Waals surface area contributed by atoms with E-state index in [1.54, 1.807) is 13.8 Å². The lowest BCUT2D eigenvalue weighted by molar-refractivity contribution is 0.102. The van der Waals surface area contributed by atoms with Crippen molar-refractivity contribution < 1.29 is 9.32 Å². The van der Waals surface area contributed by atoms with Crippen LogP contribution in [0.2, 0.25) is 0 Å². The van der Waals surface area contributed by atoms with Crippen molar-refractivity contribution in [2.24, 2.45) is 0 Å². The number of nitrogens with one attached hydrogen (secondary N) is 2. The highest BCUT2D eigenvalue weighted by Gasteiger charge is 2.17. The van der Waals surface area contributed by atoms with Crippen LogP contribution in [-0.4, -0.2) is 21.0 Å². The van der Waals surface area contributed by atoms with Gasteiger partial charge in [-0.05, 0) is 50.2 Å². The molecular weight excluding hydrogens is 316 g/mol. The number of rotatable bonds is 3. The van der Waals surface area contributed by atoms with Crippen LogP contribution in [0.3, 0.4) is 0 Å². The Morgan fingerprint density at radius 2 is 1.84 bits per heavy atom. The quantitative estimate of drug-likeness (QED) is 0.592. The summed E-state index contributed by atoms with van der Waals surface area (Å²) in [5.41, 5.74) is 4.62. The largest absolute Gasteiger partial charge is 0.361 e. The van der Waals surface area contributed by atoms with Crippen LogP contribution in [0.25, 0.3) is 22.4 Å². The van der Waals surface area contributed by atoms with E-state index in [0.29, 0.717) is 22.7 Å². The van der Waals surface area contributed by atoms with Crippen molar-refractivity contribution in [3.05, 3.63) is 65.5 Å². The SMILES string of the molecule is Cc1noc(C)c1C(=O)Nc1ccc(-c2nc3ccccc3[nH]2)cc1. The number of fused-ring (bicyclic) bond motifs is 1. The molecule has 0 aliphatic rings. The van der Waals surface area contributed by atoms with Crippen molar-refractivity contribution in [1.29, 1.82) is 0 Å². The molecule has 124 valence electrons. The molecule has 2 N–H and O–H groups in total. The Balaban J connectivity index is 1.57. The minimum Gasteiger partial charge on any atom is -0.361 e. The number of benzene rings is 2. The number of H-pyrrole nitrogens is 1. The fraction of sp³-hybridized carbons (Fsp3) is 0.105. The van der Waals surface area contributed by atoms with Crippen molar-refractivity contribution in [2.45, 2.75) is 13.8 Å². The number of amides is 1. The maximum Gasteiger partial charge on any atom is 0.261 e. The number of hydrogen-bond acceptors (Lipinski definition) is 4. The second kappa shape index (κ2) is 5.90. The molecule has 1 amide bonds. The van der Waals surface area contributed by atoms with Gasteiger partial charge in [0.1, 0.15) is 17.1 Å². The van der Waals surface area contributed by atoms with Gasteiger partial charge in [-0.3, -0.25) is 4.79 Å². The molecule has 25 heavy (non-hydrogen) atoms. The van der Waals surface area contributed by atoms with E-state index in [9.17, 15) is 4.79 Å². The maximum atomic E-state index is 12.4. The first-order valence-electron chi connectivity index (χ1n) is 7.91. The number of imidazole rings is 1. The van der Waals surface area contributed by atoms with E-state index in [1.165, 1.54) is 0 Å². The molecular formula is C19H16N4O2. The number of carbonyl (C=O) groups is 1. The maximum absolute atomic E-state index is 12.4. The average molecular weight is 332 g/mol. The molecule has 0 aliphatic carbocycles. The number of anilines is 1. The molecule has 0 bridgehead atoms. The molecule has 0 radical (unpaired) electrons. The first kappa shape index (κ1) is 15.1. The van der Waals surface area contributed by atoms with Gasteiger partial charge < -0.3 is 14.8 Å². The molecule has 0 atom stereocenters. The lowest BCUT2D eigenvalue weighted by Gasteiger charge is -2.05. The summed E-state index contributed by atoms with van der Waals surface area (Å²) >= 11 is 0. The summed E-state index contributed by atoms with van der Waals surface area (Å²) in [6.07, 6.45) is 0. The van der Waals surface area contributed by atoms with Crippen LogP contribution >= 0.6 is 0 Å². The van der Waals surface area contributed by atoms with Gasteiger partial charge in [0.2, 0.25) is 0 Å². The topological polar surface area (TPSA) is 83.8 Å². The molecule has 0 fully saturated rings. The minimum absolute atomic E-state index is 0.229. The van der Waals surface area contributed by atoms with E-state index in [-0.39, 0.29) is 5.91 Å². The van der Waals surface area contributed by atoms with Gasteiger partial charge in [0.05, 0.1) is 16.7 Å². The lowest BCUT2D eigenvalue weighted by atomic mass is 10.1. The number of nitrogens with zero attached hydrogens (tertiary/aromatic N) is 2. The third-order valence-electron chi connectivity index (χ3n) is 4.07. The van der Waals surface area contributed by atoms with E-state index in [4.69, 9.17) is 4.52 Å². The monoisotopic (exact) mass is 332 g/mol. The van der Waals surface area contributed by atoms with E-state index in [2.05, 4.69) is 20.4 Å². The zero-order valence-electron chi connectivity index (χ0n) is 13.8. The molecule has 2 aromatic carbocycles. The zero-order valence-corrected chi connectivity index (χ0v) is 13.8. The van der Waals surface area contributed by atoms with Crippen molar-refractivity contribution in [3.8, 4) is 11.4 Å². The second-order valence-corrected chi connectivity index (χ2v) is 5.83. The fourth-order valence-corrected chi connectivity index (χ4v) is 2.80. The number of aryl methyl sites for hydroxylation is 2. The summed E-state index contributed by atoms with van der Waals surface area (Å²) in [4.78, 5) is 20.2. The molecule has 0 aliphatic heterocycles. The van der Waals surface area contributed by atoms with Gasteiger partial charge in [0.25, 0.3) is 5.91 Å². The fourth-order valence-electron chi connectivity index (χ4n) is 2.80. The predicted octanol–water partition coefficient (Wildman–Crippen LogP) is 4.09. The molecule has 0 saturated carbocycles. The lowest BCUT2D eigenvalue weighted by Crippen LogP contribution is -2.13. The third kappa shape index (κ3) is 2.78. The number of aromatic amines is 1. The van der Waals surface area contributed by atoms with Crippen LogP contribution in [0.5, 0.6) is 0 Å². The van der Waals surface area contributed by atoms with Gasteiger partial charge in [0, 0.05) is 11.3 Å². The Kier molecular flexibility index (Phi) is 3.57. The van der Waals surface area contributed by atoms with Crippen molar-refractivity contribution >= 4 is 22.6 Å². The molecule has 0 unspecified atom stereocenters. The van der Waals surface area contributed by atoms with Crippen LogP contribution in [-0.2, 0) is 0 Å². The van der Waals surface area contributed by atoms with Gasteiger partial charge in [-0.25, -0.2) is 4.98 Å². The summed E-state index contributed by atoms with van der Waals surface area (Å²) in [5, 5.41) is 6.67. The Hall–Kier alpha value is -3.41. The highest BCUT2D eigenvalue weighted by molar-refractivity contribution is 6.05. The number of carbonyl (C=O) groups excluding carboxylic acids is 1. The number of hydrogen-bond donors (Lipinski definition) is 2. The number of para-hydroxylation sites is 2. The van der Waals surface area contributed by atoms with Crippen LogP contribution < -0.4 is 5.32 Å². The first-order valence-corrected chi connectivity index (χ1v) is 7.91. The van der Waals surface area contributed by atoms with Gasteiger partial charge >= 0.3 is 0 Å². The van der Waals surface area contributed by atoms with Gasteiger partial charge in [-0.1, -0.05) is 17.3 Å². The normalized spacial score (nSPS) is 11.0. The minimum atomic E-state index is -0.229. The molecule has 6 nitrogen and oxygen atoms in total. The van der Waals surface area contributed by atoms with Crippen LogP contribution in [0.15, 0.2) is 53.1 Å². The van der Waals surface area contributed by atoms with Crippen LogP contribution in [0.1, 0.15) is 21.8 Å². The van der Waals surface area contributed by atoms with Crippen molar-refractivity contribution in [1.82, 2.24) is 15.1 Å². The Labute approximate surface area is 143 Å². The Bertz CT molecular complexity index is 1010. The summed E-state index contributed by atoms with van der Waals surface area (Å²) in [7, 11) is 0. The third-order valence-corrected chi connectivity index (χ3v) is 4.07. The molecule has 6 heteroatoms. The Morgan fingerprint density at radius 1 is 1.08 bits per heavy atom. The first-order chi connectivity index (χ1) is 12.1. The second-order valence-electron chi connectivity index (χ2n) is 5.83. The van der Waals surface area contributed by atoms with E-state index in [1.807, 2.05) is 48.5 Å². The average Bonchev–Trinajstić information content (AvgIpc) is 3.18. The number of aromatic nitrogens is 3. The van der Waals surface area contributed by atoms with Crippen LogP contribution in [0, 0.1) is 13.8 Å². The molecule has 4 rings (SSSR count). The summed E-state index contributed by atoms with van der Waals surface area (Å²) in [5.74, 6) is 1.08. The molecule has 0 saturated heterocycles. The van der Waals surface area contributed by atoms with Gasteiger partial charge in [-0.2, -0.15) is 0 Å². The van der Waals surface area contributed by atoms with Gasteiger partial charge in [-0.15, -0.1) is 0 Å². The van der Waals surface area contributed by atoms with E-state index in [0.717, 1.165) is 22.4 Å². The summed E-state index contributed by atoms with van der Waals surface area (Å²) < 4.78 is 5.04.